The van der Waals surface area contributed by atoms with Crippen LogP contribution in [0.1, 0.15) is 23.6 Å². The highest BCUT2D eigenvalue weighted by molar-refractivity contribution is 8.13. The van der Waals surface area contributed by atoms with E-state index >= 15 is 0 Å². The molecule has 0 saturated heterocycles. The summed E-state index contributed by atoms with van der Waals surface area (Å²) in [7, 11) is 0. The summed E-state index contributed by atoms with van der Waals surface area (Å²) in [4.78, 5) is 12.0. The fourth-order valence-electron chi connectivity index (χ4n) is 1.20. The van der Waals surface area contributed by atoms with Crippen LogP contribution >= 0.6 is 11.8 Å². The van der Waals surface area contributed by atoms with Crippen LogP contribution in [0, 0.1) is 20.8 Å². The van der Waals surface area contributed by atoms with Gasteiger partial charge in [0.25, 0.3) is 0 Å². The lowest BCUT2D eigenvalue weighted by Crippen LogP contribution is -1.89. The Morgan fingerprint density at radius 3 is 2.15 bits per heavy atom. The van der Waals surface area contributed by atoms with Gasteiger partial charge < -0.3 is 0 Å². The Morgan fingerprint density at radius 2 is 1.62 bits per heavy atom. The molecule has 0 fully saturated rings. The molecule has 0 radical (unpaired) electrons. The first-order chi connectivity index (χ1) is 6.00. The van der Waals surface area contributed by atoms with Crippen molar-refractivity contribution in [3.05, 3.63) is 28.8 Å². The van der Waals surface area contributed by atoms with Gasteiger partial charge in [-0.25, -0.2) is 0 Å². The second-order valence-electron chi connectivity index (χ2n) is 3.30. The van der Waals surface area contributed by atoms with Crippen LogP contribution in [0.2, 0.25) is 0 Å². The van der Waals surface area contributed by atoms with Crippen molar-refractivity contribution >= 4 is 16.9 Å². The van der Waals surface area contributed by atoms with Crippen LogP contribution in [-0.4, -0.2) is 5.12 Å². The highest BCUT2D eigenvalue weighted by Gasteiger charge is 2.04. The first kappa shape index (κ1) is 10.3. The minimum absolute atomic E-state index is 0.145. The predicted octanol–water partition coefficient (Wildman–Crippen LogP) is 3.25. The molecule has 0 aliphatic rings. The third-order valence-electron chi connectivity index (χ3n) is 2.04. The molecule has 1 rings (SSSR count). The molecule has 0 heterocycles. The largest absolute Gasteiger partial charge is 0.287 e. The number of aryl methyl sites for hydroxylation is 3. The zero-order chi connectivity index (χ0) is 10.0. The van der Waals surface area contributed by atoms with Crippen LogP contribution in [0.15, 0.2) is 17.0 Å². The first-order valence-electron chi connectivity index (χ1n) is 4.27. The standard InChI is InChI=1S/C11H14OS/c1-7-5-9(3)11(6-8(7)2)13-10(4)12/h5-6H,1-4H3. The number of carbonyl (C=O) groups excluding carboxylic acids is 1. The molecule has 0 aromatic heterocycles. The highest BCUT2D eigenvalue weighted by atomic mass is 32.2. The van der Waals surface area contributed by atoms with Crippen molar-refractivity contribution in [3.63, 3.8) is 0 Å². The van der Waals surface area contributed by atoms with Gasteiger partial charge in [-0.1, -0.05) is 17.8 Å². The lowest BCUT2D eigenvalue weighted by atomic mass is 10.1. The van der Waals surface area contributed by atoms with E-state index in [2.05, 4.69) is 26.0 Å². The molecule has 70 valence electrons. The van der Waals surface area contributed by atoms with Crippen molar-refractivity contribution in [2.75, 3.05) is 0 Å². The lowest BCUT2D eigenvalue weighted by molar-refractivity contribution is -0.109. The molecule has 0 atom stereocenters. The van der Waals surface area contributed by atoms with Crippen molar-refractivity contribution in [2.45, 2.75) is 32.6 Å². The van der Waals surface area contributed by atoms with Crippen LogP contribution in [0.5, 0.6) is 0 Å². The van der Waals surface area contributed by atoms with E-state index < -0.39 is 0 Å². The molecule has 1 aromatic carbocycles. The van der Waals surface area contributed by atoms with Crippen LogP contribution in [0.25, 0.3) is 0 Å². The summed E-state index contributed by atoms with van der Waals surface area (Å²) >= 11 is 1.31. The van der Waals surface area contributed by atoms with Gasteiger partial charge in [-0.2, -0.15) is 0 Å². The molecular weight excluding hydrogens is 180 g/mol. The maximum Gasteiger partial charge on any atom is 0.190 e. The SMILES string of the molecule is CC(=O)Sc1cc(C)c(C)cc1C. The summed E-state index contributed by atoms with van der Waals surface area (Å²) < 4.78 is 0. The number of benzene rings is 1. The van der Waals surface area contributed by atoms with E-state index in [-0.39, 0.29) is 5.12 Å². The summed E-state index contributed by atoms with van der Waals surface area (Å²) in [5.74, 6) is 0. The van der Waals surface area contributed by atoms with Crippen molar-refractivity contribution in [2.24, 2.45) is 0 Å². The van der Waals surface area contributed by atoms with Gasteiger partial charge in [-0.05, 0) is 43.5 Å². The molecule has 0 unspecified atom stereocenters. The third-order valence-corrected chi connectivity index (χ3v) is 2.99. The Morgan fingerprint density at radius 1 is 1.08 bits per heavy atom. The molecule has 0 saturated carbocycles. The van der Waals surface area contributed by atoms with E-state index in [9.17, 15) is 4.79 Å². The Balaban J connectivity index is 3.08. The van der Waals surface area contributed by atoms with Gasteiger partial charge in [-0.15, -0.1) is 0 Å². The number of hydrogen-bond acceptors (Lipinski definition) is 2. The van der Waals surface area contributed by atoms with Gasteiger partial charge in [0.15, 0.2) is 5.12 Å². The Labute approximate surface area is 83.5 Å². The average Bonchev–Trinajstić information content (AvgIpc) is 1.99. The van der Waals surface area contributed by atoms with Crippen molar-refractivity contribution in [1.82, 2.24) is 0 Å². The van der Waals surface area contributed by atoms with Gasteiger partial charge in [0.05, 0.1) is 0 Å². The van der Waals surface area contributed by atoms with E-state index in [1.165, 1.54) is 28.5 Å². The molecule has 0 aliphatic carbocycles. The third kappa shape index (κ3) is 2.59. The second-order valence-corrected chi connectivity index (χ2v) is 4.51. The van der Waals surface area contributed by atoms with Gasteiger partial charge in [0.1, 0.15) is 0 Å². The van der Waals surface area contributed by atoms with E-state index in [1.54, 1.807) is 6.92 Å². The summed E-state index contributed by atoms with van der Waals surface area (Å²) in [5, 5.41) is 0.145. The quantitative estimate of drug-likeness (QED) is 0.638. The normalized spacial score (nSPS) is 10.2. The summed E-state index contributed by atoms with van der Waals surface area (Å²) in [6.07, 6.45) is 0. The van der Waals surface area contributed by atoms with Crippen LogP contribution in [0.4, 0.5) is 0 Å². The average molecular weight is 194 g/mol. The Kier molecular flexibility index (Phi) is 3.15. The molecule has 0 bridgehead atoms. The Bertz CT molecular complexity index is 342. The van der Waals surface area contributed by atoms with Crippen LogP contribution in [0.3, 0.4) is 0 Å². The molecular formula is C11H14OS. The predicted molar refractivity (Wildman–Crippen MR) is 57.2 cm³/mol. The summed E-state index contributed by atoms with van der Waals surface area (Å²) in [5.41, 5.74) is 3.71. The maximum atomic E-state index is 10.9. The van der Waals surface area contributed by atoms with Gasteiger partial charge in [-0.3, -0.25) is 4.79 Å². The fraction of sp³-hybridized carbons (Fsp3) is 0.364. The van der Waals surface area contributed by atoms with E-state index in [0.29, 0.717) is 0 Å². The monoisotopic (exact) mass is 194 g/mol. The van der Waals surface area contributed by atoms with Crippen molar-refractivity contribution in [3.8, 4) is 0 Å². The topological polar surface area (TPSA) is 17.1 Å². The molecule has 1 aromatic rings. The molecule has 2 heteroatoms. The number of hydrogen-bond donors (Lipinski definition) is 0. The maximum absolute atomic E-state index is 10.9. The number of thioether (sulfide) groups is 1. The lowest BCUT2D eigenvalue weighted by Gasteiger charge is -2.07. The second kappa shape index (κ2) is 3.97. The number of carbonyl (C=O) groups is 1. The first-order valence-corrected chi connectivity index (χ1v) is 5.08. The molecule has 1 nitrogen and oxygen atoms in total. The van der Waals surface area contributed by atoms with E-state index in [1.807, 2.05) is 6.92 Å². The summed E-state index contributed by atoms with van der Waals surface area (Å²) in [6, 6.07) is 4.21. The van der Waals surface area contributed by atoms with Gasteiger partial charge in [0.2, 0.25) is 0 Å². The smallest absolute Gasteiger partial charge is 0.190 e. The Hall–Kier alpha value is -0.760. The summed E-state index contributed by atoms with van der Waals surface area (Å²) in [6.45, 7) is 7.79. The van der Waals surface area contributed by atoms with Crippen LogP contribution in [-0.2, 0) is 4.79 Å². The molecule has 0 aliphatic heterocycles. The van der Waals surface area contributed by atoms with Crippen LogP contribution < -0.4 is 0 Å². The van der Waals surface area contributed by atoms with Crippen molar-refractivity contribution in [1.29, 1.82) is 0 Å². The molecule has 0 amide bonds. The van der Waals surface area contributed by atoms with Gasteiger partial charge >= 0.3 is 0 Å². The molecule has 13 heavy (non-hydrogen) atoms. The fourth-order valence-corrected chi connectivity index (χ4v) is 1.96. The highest BCUT2D eigenvalue weighted by Crippen LogP contribution is 2.25. The molecule has 0 spiro atoms. The minimum Gasteiger partial charge on any atom is -0.287 e. The minimum atomic E-state index is 0.145. The van der Waals surface area contributed by atoms with E-state index in [4.69, 9.17) is 0 Å². The zero-order valence-corrected chi connectivity index (χ0v) is 9.29. The zero-order valence-electron chi connectivity index (χ0n) is 8.47. The molecule has 0 N–H and O–H groups in total. The van der Waals surface area contributed by atoms with Crippen molar-refractivity contribution < 1.29 is 4.79 Å². The van der Waals surface area contributed by atoms with Gasteiger partial charge in [0, 0.05) is 11.8 Å². The van der Waals surface area contributed by atoms with E-state index in [0.717, 1.165) is 4.90 Å². The number of rotatable bonds is 1.